The second-order valence-corrected chi connectivity index (χ2v) is 9.57. The molecule has 2 heterocycles. The number of primary amides is 1. The predicted molar refractivity (Wildman–Crippen MR) is 139 cm³/mol. The highest BCUT2D eigenvalue weighted by atomic mass is 35.5. The summed E-state index contributed by atoms with van der Waals surface area (Å²) >= 11 is 8.21. The first-order chi connectivity index (χ1) is 17.3. The van der Waals surface area contributed by atoms with Crippen LogP contribution in [0.3, 0.4) is 0 Å². The van der Waals surface area contributed by atoms with E-state index in [0.29, 0.717) is 33.9 Å². The molecule has 0 saturated heterocycles. The monoisotopic (exact) mass is 549 g/mol. The molecule has 10 nitrogen and oxygen atoms in total. The Morgan fingerprint density at radius 2 is 2.06 bits per heavy atom. The lowest BCUT2D eigenvalue weighted by atomic mass is 10.1. The first-order valence-electron chi connectivity index (χ1n) is 10.7. The molecule has 190 valence electrons. The van der Waals surface area contributed by atoms with E-state index in [1.54, 1.807) is 42.7 Å². The lowest BCUT2D eigenvalue weighted by Gasteiger charge is -2.10. The number of esters is 1. The number of nitrogens with one attached hydrogen (secondary N) is 1. The van der Waals surface area contributed by atoms with Crippen LogP contribution in [-0.4, -0.2) is 44.9 Å². The van der Waals surface area contributed by atoms with Crippen molar-refractivity contribution in [3.63, 3.8) is 0 Å². The van der Waals surface area contributed by atoms with Gasteiger partial charge in [0.1, 0.15) is 17.4 Å². The fourth-order valence-corrected chi connectivity index (χ4v) is 5.15. The summed E-state index contributed by atoms with van der Waals surface area (Å²) < 4.78 is 12.6. The molecule has 0 aliphatic carbocycles. The van der Waals surface area contributed by atoms with Gasteiger partial charge >= 0.3 is 5.97 Å². The lowest BCUT2D eigenvalue weighted by Crippen LogP contribution is -2.17. The number of hydrogen-bond acceptors (Lipinski definition) is 9. The second kappa shape index (κ2) is 12.6. The zero-order chi connectivity index (χ0) is 26.2. The van der Waals surface area contributed by atoms with Crippen LogP contribution in [0.1, 0.15) is 38.3 Å². The first kappa shape index (κ1) is 27.2. The van der Waals surface area contributed by atoms with Crippen LogP contribution in [0.2, 0.25) is 5.02 Å². The van der Waals surface area contributed by atoms with Crippen LogP contribution in [-0.2, 0) is 22.7 Å². The Kier molecular flexibility index (Phi) is 9.51. The molecule has 3 N–H and O–H groups in total. The molecule has 0 unspecified atom stereocenters. The van der Waals surface area contributed by atoms with Gasteiger partial charge in [0.05, 0.1) is 27.8 Å². The average Bonchev–Trinajstić information content (AvgIpc) is 3.37. The number of halogens is 1. The van der Waals surface area contributed by atoms with Crippen molar-refractivity contribution in [1.29, 1.82) is 0 Å². The van der Waals surface area contributed by atoms with Crippen molar-refractivity contribution in [1.82, 2.24) is 14.8 Å². The molecular weight excluding hydrogens is 526 g/mol. The third kappa shape index (κ3) is 6.45. The smallest absolute Gasteiger partial charge is 0.341 e. The van der Waals surface area contributed by atoms with E-state index in [2.05, 4.69) is 22.1 Å². The normalized spacial score (nSPS) is 10.6. The number of hydrogen-bond donors (Lipinski definition) is 2. The lowest BCUT2D eigenvalue weighted by molar-refractivity contribution is -0.113. The summed E-state index contributed by atoms with van der Waals surface area (Å²) in [5.74, 6) is -0.740. The summed E-state index contributed by atoms with van der Waals surface area (Å²) in [5.41, 5.74) is 5.89. The van der Waals surface area contributed by atoms with Gasteiger partial charge in [-0.2, -0.15) is 0 Å². The van der Waals surface area contributed by atoms with Crippen molar-refractivity contribution < 1.29 is 23.9 Å². The second-order valence-electron chi connectivity index (χ2n) is 7.20. The number of para-hydroxylation sites is 1. The van der Waals surface area contributed by atoms with Gasteiger partial charge in [-0.1, -0.05) is 41.6 Å². The van der Waals surface area contributed by atoms with Crippen LogP contribution in [0, 0.1) is 6.92 Å². The maximum atomic E-state index is 12.7. The summed E-state index contributed by atoms with van der Waals surface area (Å²) in [5, 5.41) is 12.2. The van der Waals surface area contributed by atoms with Gasteiger partial charge in [0, 0.05) is 6.54 Å². The topological polar surface area (TPSA) is 138 Å². The number of thiophene rings is 1. The molecule has 0 spiro atoms. The van der Waals surface area contributed by atoms with Crippen LogP contribution in [0.15, 0.2) is 42.1 Å². The van der Waals surface area contributed by atoms with Crippen molar-refractivity contribution in [2.24, 2.45) is 5.73 Å². The standard InChI is InChI=1S/C23H24ClN5O5S2/c1-4-10-29-16(11-34-15-9-7-6-8-14(15)24)27-28-23(29)35-12-17(30)26-21-18(22(32)33-5-2)13(3)19(36-21)20(25)31/h4,6-9H,1,5,10-12H2,2-3H3,(H2,25,31)(H,26,30). The summed E-state index contributed by atoms with van der Waals surface area (Å²) in [6, 6.07) is 7.08. The van der Waals surface area contributed by atoms with Crippen LogP contribution < -0.4 is 15.8 Å². The van der Waals surface area contributed by atoms with Gasteiger partial charge in [0.15, 0.2) is 11.0 Å². The number of carbonyl (C=O) groups is 3. The molecule has 36 heavy (non-hydrogen) atoms. The number of anilines is 1. The molecule has 2 aromatic heterocycles. The Balaban J connectivity index is 1.71. The third-order valence-electron chi connectivity index (χ3n) is 4.73. The number of allylic oxidation sites excluding steroid dienone is 1. The van der Waals surface area contributed by atoms with E-state index in [4.69, 9.17) is 26.8 Å². The van der Waals surface area contributed by atoms with Crippen LogP contribution in [0.25, 0.3) is 0 Å². The quantitative estimate of drug-likeness (QED) is 0.196. The van der Waals surface area contributed by atoms with Gasteiger partial charge in [0.25, 0.3) is 5.91 Å². The molecule has 0 radical (unpaired) electrons. The van der Waals surface area contributed by atoms with E-state index in [9.17, 15) is 14.4 Å². The largest absolute Gasteiger partial charge is 0.484 e. The molecule has 0 atom stereocenters. The molecule has 13 heteroatoms. The number of nitrogens with zero attached hydrogens (tertiary/aromatic N) is 3. The molecule has 0 saturated carbocycles. The molecule has 1 aromatic carbocycles. The van der Waals surface area contributed by atoms with E-state index in [-0.39, 0.29) is 34.4 Å². The molecule has 0 fully saturated rings. The molecule has 0 aliphatic heterocycles. The highest BCUT2D eigenvalue weighted by Crippen LogP contribution is 2.34. The van der Waals surface area contributed by atoms with Gasteiger partial charge in [-0.05, 0) is 31.5 Å². The number of carbonyl (C=O) groups excluding carboxylic acids is 3. The summed E-state index contributed by atoms with van der Waals surface area (Å²) in [6.45, 7) is 7.66. The van der Waals surface area contributed by atoms with Gasteiger partial charge in [0.2, 0.25) is 5.91 Å². The Bertz CT molecular complexity index is 1290. The molecule has 0 bridgehead atoms. The number of rotatable bonds is 12. The Morgan fingerprint density at radius 3 is 2.72 bits per heavy atom. The average molecular weight is 550 g/mol. The zero-order valence-electron chi connectivity index (χ0n) is 19.6. The van der Waals surface area contributed by atoms with Crippen LogP contribution in [0.5, 0.6) is 5.75 Å². The highest BCUT2D eigenvalue weighted by Gasteiger charge is 2.26. The zero-order valence-corrected chi connectivity index (χ0v) is 22.0. The number of benzene rings is 1. The fraction of sp³-hybridized carbons (Fsp3) is 0.261. The van der Waals surface area contributed by atoms with Gasteiger partial charge in [-0.15, -0.1) is 28.1 Å². The minimum absolute atomic E-state index is 0.0359. The molecular formula is C23H24ClN5O5S2. The third-order valence-corrected chi connectivity index (χ3v) is 7.23. The number of ether oxygens (including phenoxy) is 2. The molecule has 3 rings (SSSR count). The summed E-state index contributed by atoms with van der Waals surface area (Å²) in [4.78, 5) is 37.1. The molecule has 3 aromatic rings. The van der Waals surface area contributed by atoms with E-state index in [0.717, 1.165) is 23.1 Å². The van der Waals surface area contributed by atoms with Crippen molar-refractivity contribution >= 4 is 57.5 Å². The van der Waals surface area contributed by atoms with Gasteiger partial charge < -0.3 is 20.5 Å². The van der Waals surface area contributed by atoms with Crippen molar-refractivity contribution in [2.45, 2.75) is 32.2 Å². The molecule has 2 amide bonds. The van der Waals surface area contributed by atoms with Crippen molar-refractivity contribution in [3.8, 4) is 5.75 Å². The number of amides is 2. The van der Waals surface area contributed by atoms with Crippen LogP contribution >= 0.6 is 34.7 Å². The Morgan fingerprint density at radius 1 is 1.31 bits per heavy atom. The number of nitrogens with two attached hydrogens (primary N) is 1. The van der Waals surface area contributed by atoms with E-state index in [1.165, 1.54) is 0 Å². The fourth-order valence-electron chi connectivity index (χ4n) is 3.13. The Hall–Kier alpha value is -3.35. The molecule has 0 aliphatic rings. The Labute approximate surface area is 220 Å². The first-order valence-corrected chi connectivity index (χ1v) is 12.9. The van der Waals surface area contributed by atoms with E-state index < -0.39 is 17.8 Å². The van der Waals surface area contributed by atoms with Gasteiger partial charge in [-0.3, -0.25) is 14.2 Å². The van der Waals surface area contributed by atoms with E-state index >= 15 is 0 Å². The summed E-state index contributed by atoms with van der Waals surface area (Å²) in [7, 11) is 0. The minimum Gasteiger partial charge on any atom is -0.484 e. The summed E-state index contributed by atoms with van der Waals surface area (Å²) in [6.07, 6.45) is 1.68. The maximum absolute atomic E-state index is 12.7. The van der Waals surface area contributed by atoms with E-state index in [1.807, 2.05) is 6.07 Å². The van der Waals surface area contributed by atoms with Crippen LogP contribution in [0.4, 0.5) is 5.00 Å². The number of aromatic nitrogens is 3. The van der Waals surface area contributed by atoms with Crippen molar-refractivity contribution in [3.05, 3.63) is 63.8 Å². The maximum Gasteiger partial charge on any atom is 0.341 e. The minimum atomic E-state index is -0.693. The predicted octanol–water partition coefficient (Wildman–Crippen LogP) is 4.07. The number of thioether (sulfide) groups is 1. The highest BCUT2D eigenvalue weighted by molar-refractivity contribution is 7.99. The van der Waals surface area contributed by atoms with Gasteiger partial charge in [-0.25, -0.2) is 4.79 Å². The van der Waals surface area contributed by atoms with Crippen molar-refractivity contribution in [2.75, 3.05) is 17.7 Å². The SMILES string of the molecule is C=CCn1c(COc2ccccc2Cl)nnc1SCC(=O)Nc1sc(C(N)=O)c(C)c1C(=O)OCC.